The Morgan fingerprint density at radius 3 is 2.75 bits per heavy atom. The van der Waals surface area contributed by atoms with Gasteiger partial charge < -0.3 is 9.73 Å². The third-order valence-corrected chi connectivity index (χ3v) is 5.57. The van der Waals surface area contributed by atoms with Crippen LogP contribution in [0.4, 0.5) is 0 Å². The van der Waals surface area contributed by atoms with Gasteiger partial charge in [-0.15, -0.1) is 21.5 Å². The molecule has 2 aromatic heterocycles. The normalized spacial score (nSPS) is 15.2. The van der Waals surface area contributed by atoms with E-state index in [1.807, 2.05) is 47.8 Å². The first-order valence-electron chi connectivity index (χ1n) is 7.69. The van der Waals surface area contributed by atoms with Crippen LogP contribution in [0.3, 0.4) is 0 Å². The fraction of sp³-hybridized carbons (Fsp3) is 0.235. The van der Waals surface area contributed by atoms with Crippen LogP contribution in [0, 0.1) is 0 Å². The third kappa shape index (κ3) is 3.52. The van der Waals surface area contributed by atoms with Gasteiger partial charge >= 0.3 is 0 Å². The van der Waals surface area contributed by atoms with Gasteiger partial charge in [-0.25, -0.2) is 0 Å². The maximum absolute atomic E-state index is 12.6. The molecular formula is C17H15N3O2S2. The Labute approximate surface area is 147 Å². The topological polar surface area (TPSA) is 68.0 Å². The van der Waals surface area contributed by atoms with E-state index in [1.165, 1.54) is 11.8 Å². The highest BCUT2D eigenvalue weighted by Crippen LogP contribution is 2.37. The Kier molecular flexibility index (Phi) is 4.36. The summed E-state index contributed by atoms with van der Waals surface area (Å²) in [4.78, 5) is 13.5. The Hall–Kier alpha value is -2.12. The number of aromatic nitrogens is 2. The van der Waals surface area contributed by atoms with Crippen LogP contribution in [0.2, 0.25) is 0 Å². The van der Waals surface area contributed by atoms with Gasteiger partial charge in [-0.2, -0.15) is 0 Å². The number of thiophene rings is 1. The standard InChI is InChI=1S/C17H15N3O2S2/c21-15(18-12-8-9-12)14(11-5-2-1-3-6-11)24-17-20-19-16(22-17)13-7-4-10-23-13/h1-7,10,12,14H,8-9H2,(H,18,21)/t14-/m0/s1. The smallest absolute Gasteiger partial charge is 0.278 e. The third-order valence-electron chi connectivity index (χ3n) is 3.62. The number of amides is 1. The van der Waals surface area contributed by atoms with Crippen molar-refractivity contribution in [2.24, 2.45) is 0 Å². The molecule has 0 radical (unpaired) electrons. The van der Waals surface area contributed by atoms with Crippen molar-refractivity contribution in [2.45, 2.75) is 29.4 Å². The minimum atomic E-state index is -0.400. The lowest BCUT2D eigenvalue weighted by Gasteiger charge is -2.14. The number of benzene rings is 1. The van der Waals surface area contributed by atoms with E-state index in [2.05, 4.69) is 15.5 Å². The quantitative estimate of drug-likeness (QED) is 0.678. The molecule has 7 heteroatoms. The summed E-state index contributed by atoms with van der Waals surface area (Å²) in [5, 5.41) is 13.2. The zero-order chi connectivity index (χ0) is 16.4. The van der Waals surface area contributed by atoms with Crippen LogP contribution < -0.4 is 5.32 Å². The van der Waals surface area contributed by atoms with E-state index in [-0.39, 0.29) is 5.91 Å². The number of carbonyl (C=O) groups is 1. The zero-order valence-electron chi connectivity index (χ0n) is 12.7. The van der Waals surface area contributed by atoms with Gasteiger partial charge in [0.05, 0.1) is 4.88 Å². The lowest BCUT2D eigenvalue weighted by Crippen LogP contribution is -2.29. The van der Waals surface area contributed by atoms with E-state index in [0.29, 0.717) is 17.2 Å². The van der Waals surface area contributed by atoms with E-state index >= 15 is 0 Å². The van der Waals surface area contributed by atoms with Crippen molar-refractivity contribution in [1.82, 2.24) is 15.5 Å². The Morgan fingerprint density at radius 2 is 2.04 bits per heavy atom. The fourth-order valence-electron chi connectivity index (χ4n) is 2.26. The molecule has 24 heavy (non-hydrogen) atoms. The number of rotatable bonds is 6. The molecule has 0 spiro atoms. The summed E-state index contributed by atoms with van der Waals surface area (Å²) in [5.74, 6) is 0.478. The second-order valence-corrected chi connectivity index (χ2v) is 7.55. The largest absolute Gasteiger partial charge is 0.410 e. The van der Waals surface area contributed by atoms with Gasteiger partial charge in [-0.05, 0) is 41.6 Å². The predicted molar refractivity (Wildman–Crippen MR) is 93.8 cm³/mol. The Morgan fingerprint density at radius 1 is 1.21 bits per heavy atom. The van der Waals surface area contributed by atoms with Crippen LogP contribution >= 0.6 is 23.1 Å². The number of hydrogen-bond donors (Lipinski definition) is 1. The van der Waals surface area contributed by atoms with Gasteiger partial charge in [0.25, 0.3) is 11.1 Å². The first kappa shape index (κ1) is 15.4. The molecule has 1 aromatic carbocycles. The molecule has 0 saturated heterocycles. The molecule has 1 fully saturated rings. The van der Waals surface area contributed by atoms with E-state index in [1.54, 1.807) is 11.3 Å². The van der Waals surface area contributed by atoms with Gasteiger partial charge in [-0.3, -0.25) is 4.79 Å². The number of nitrogens with one attached hydrogen (secondary N) is 1. The second-order valence-electron chi connectivity index (χ2n) is 5.54. The maximum atomic E-state index is 12.6. The number of nitrogens with zero attached hydrogens (tertiary/aromatic N) is 2. The summed E-state index contributed by atoms with van der Waals surface area (Å²) in [5.41, 5.74) is 0.927. The van der Waals surface area contributed by atoms with E-state index in [4.69, 9.17) is 4.42 Å². The van der Waals surface area contributed by atoms with Crippen molar-refractivity contribution in [3.8, 4) is 10.8 Å². The molecule has 1 N–H and O–H groups in total. The highest BCUT2D eigenvalue weighted by atomic mass is 32.2. The molecule has 0 aliphatic heterocycles. The highest BCUT2D eigenvalue weighted by molar-refractivity contribution is 8.00. The fourth-order valence-corrected chi connectivity index (χ4v) is 3.79. The van der Waals surface area contributed by atoms with Gasteiger partial charge in [0.1, 0.15) is 5.25 Å². The average molecular weight is 357 g/mol. The minimum Gasteiger partial charge on any atom is -0.410 e. The van der Waals surface area contributed by atoms with Crippen LogP contribution in [0.5, 0.6) is 0 Å². The summed E-state index contributed by atoms with van der Waals surface area (Å²) in [7, 11) is 0. The molecule has 0 unspecified atom stereocenters. The lowest BCUT2D eigenvalue weighted by molar-refractivity contribution is -0.120. The molecule has 3 aromatic rings. The molecule has 1 aliphatic rings. The SMILES string of the molecule is O=C(NC1CC1)[C@@H](Sc1nnc(-c2cccs2)o1)c1ccccc1. The van der Waals surface area contributed by atoms with Crippen molar-refractivity contribution >= 4 is 29.0 Å². The van der Waals surface area contributed by atoms with Crippen molar-refractivity contribution < 1.29 is 9.21 Å². The summed E-state index contributed by atoms with van der Waals surface area (Å²) in [6, 6.07) is 13.9. The van der Waals surface area contributed by atoms with Crippen LogP contribution in [-0.4, -0.2) is 22.1 Å². The number of hydrogen-bond acceptors (Lipinski definition) is 6. The first-order chi connectivity index (χ1) is 11.8. The summed E-state index contributed by atoms with van der Waals surface area (Å²) < 4.78 is 5.72. The average Bonchev–Trinajstić information content (AvgIpc) is 3.08. The molecular weight excluding hydrogens is 342 g/mol. The molecule has 1 saturated carbocycles. The van der Waals surface area contributed by atoms with Crippen molar-refractivity contribution in [3.05, 3.63) is 53.4 Å². The summed E-state index contributed by atoms with van der Waals surface area (Å²) in [6.07, 6.45) is 2.11. The molecule has 1 aliphatic carbocycles. The number of carbonyl (C=O) groups excluding carboxylic acids is 1. The van der Waals surface area contributed by atoms with Crippen LogP contribution in [0.15, 0.2) is 57.5 Å². The maximum Gasteiger partial charge on any atom is 0.278 e. The monoisotopic (exact) mass is 357 g/mol. The van der Waals surface area contributed by atoms with Crippen LogP contribution in [0.25, 0.3) is 10.8 Å². The van der Waals surface area contributed by atoms with Gasteiger partial charge in [-0.1, -0.05) is 36.4 Å². The van der Waals surface area contributed by atoms with E-state index in [9.17, 15) is 4.79 Å². The molecule has 2 heterocycles. The predicted octanol–water partition coefficient (Wildman–Crippen LogP) is 3.91. The second kappa shape index (κ2) is 6.78. The molecule has 1 atom stereocenters. The molecule has 5 nitrogen and oxygen atoms in total. The lowest BCUT2D eigenvalue weighted by atomic mass is 10.1. The van der Waals surface area contributed by atoms with Crippen molar-refractivity contribution in [3.63, 3.8) is 0 Å². The minimum absolute atomic E-state index is 0.00965. The molecule has 1 amide bonds. The number of thioether (sulfide) groups is 1. The molecule has 0 bridgehead atoms. The van der Waals surface area contributed by atoms with Gasteiger partial charge in [0.2, 0.25) is 5.91 Å². The Balaban J connectivity index is 1.56. The Bertz CT molecular complexity index is 814. The van der Waals surface area contributed by atoms with Gasteiger partial charge in [0.15, 0.2) is 0 Å². The molecule has 122 valence electrons. The highest BCUT2D eigenvalue weighted by Gasteiger charge is 2.30. The summed E-state index contributed by atoms with van der Waals surface area (Å²) >= 11 is 2.83. The van der Waals surface area contributed by atoms with Crippen LogP contribution in [-0.2, 0) is 4.79 Å². The molecule has 4 rings (SSSR count). The summed E-state index contributed by atoms with van der Waals surface area (Å²) in [6.45, 7) is 0. The van der Waals surface area contributed by atoms with Crippen molar-refractivity contribution in [2.75, 3.05) is 0 Å². The van der Waals surface area contributed by atoms with Crippen LogP contribution in [0.1, 0.15) is 23.7 Å². The van der Waals surface area contributed by atoms with E-state index in [0.717, 1.165) is 23.3 Å². The van der Waals surface area contributed by atoms with E-state index < -0.39 is 5.25 Å². The first-order valence-corrected chi connectivity index (χ1v) is 9.45. The van der Waals surface area contributed by atoms with Crippen molar-refractivity contribution in [1.29, 1.82) is 0 Å². The van der Waals surface area contributed by atoms with Gasteiger partial charge in [0, 0.05) is 6.04 Å². The zero-order valence-corrected chi connectivity index (χ0v) is 14.3.